The van der Waals surface area contributed by atoms with Crippen LogP contribution >= 0.6 is 0 Å². The van der Waals surface area contributed by atoms with Gasteiger partial charge in [0.05, 0.1) is 17.6 Å². The van der Waals surface area contributed by atoms with Crippen LogP contribution in [0.25, 0.3) is 0 Å². The number of nitrogens with two attached hydrogens (primary N) is 1. The molecule has 2 N–H and O–H groups in total. The summed E-state index contributed by atoms with van der Waals surface area (Å²) in [6.45, 7) is 9.15. The molecular weight excluding hydrogens is 250 g/mol. The van der Waals surface area contributed by atoms with Crippen molar-refractivity contribution in [1.29, 1.82) is 0 Å². The molecule has 1 saturated heterocycles. The predicted molar refractivity (Wildman–Crippen MR) is 80.8 cm³/mol. The van der Waals surface area contributed by atoms with Crippen LogP contribution in [0.3, 0.4) is 0 Å². The third-order valence-electron chi connectivity index (χ3n) is 4.29. The van der Waals surface area contributed by atoms with Crippen LogP contribution < -0.4 is 10.6 Å². The molecule has 2 fully saturated rings. The Bertz CT molecular complexity index is 461. The first-order valence-electron chi connectivity index (χ1n) is 7.74. The van der Waals surface area contributed by atoms with Gasteiger partial charge < -0.3 is 10.6 Å². The van der Waals surface area contributed by atoms with Crippen LogP contribution in [-0.4, -0.2) is 47.1 Å². The third kappa shape index (κ3) is 2.79. The molecule has 0 bridgehead atoms. The fraction of sp³-hybridized carbons (Fsp3) is 0.733. The van der Waals surface area contributed by atoms with E-state index in [0.29, 0.717) is 12.5 Å². The van der Waals surface area contributed by atoms with Gasteiger partial charge in [-0.3, -0.25) is 4.90 Å². The highest BCUT2D eigenvalue weighted by molar-refractivity contribution is 5.49. The Kier molecular flexibility index (Phi) is 3.89. The number of nitrogens with zero attached hydrogens (tertiary/aromatic N) is 4. The molecule has 5 heteroatoms. The summed E-state index contributed by atoms with van der Waals surface area (Å²) in [5.41, 5.74) is 8.01. The molecule has 1 saturated carbocycles. The molecule has 0 radical (unpaired) electrons. The zero-order valence-electron chi connectivity index (χ0n) is 12.5. The van der Waals surface area contributed by atoms with Crippen molar-refractivity contribution in [2.24, 2.45) is 5.73 Å². The van der Waals surface area contributed by atoms with E-state index in [4.69, 9.17) is 5.73 Å². The highest BCUT2D eigenvalue weighted by Gasteiger charge is 2.31. The molecule has 1 aromatic heterocycles. The van der Waals surface area contributed by atoms with Crippen molar-refractivity contribution in [1.82, 2.24) is 14.9 Å². The minimum atomic E-state index is 0.348. The van der Waals surface area contributed by atoms with Gasteiger partial charge in [0.1, 0.15) is 5.82 Å². The number of anilines is 1. The standard InChI is InChI=1S/C15H25N5/c1-11(2)15-17-10-14(13(9-16)18-15)20-7-5-19(6-8-20)12-3-4-12/h10-12H,3-9,16H2,1-2H3. The van der Waals surface area contributed by atoms with Gasteiger partial charge in [-0.05, 0) is 12.8 Å². The Morgan fingerprint density at radius 2 is 1.95 bits per heavy atom. The van der Waals surface area contributed by atoms with Crippen molar-refractivity contribution in [3.8, 4) is 0 Å². The lowest BCUT2D eigenvalue weighted by Crippen LogP contribution is -2.47. The van der Waals surface area contributed by atoms with Crippen molar-refractivity contribution < 1.29 is 0 Å². The molecule has 1 aliphatic carbocycles. The minimum absolute atomic E-state index is 0.348. The average molecular weight is 275 g/mol. The van der Waals surface area contributed by atoms with Gasteiger partial charge in [0.15, 0.2) is 0 Å². The summed E-state index contributed by atoms with van der Waals surface area (Å²) >= 11 is 0. The van der Waals surface area contributed by atoms with Gasteiger partial charge in [0.2, 0.25) is 0 Å². The Morgan fingerprint density at radius 3 is 2.50 bits per heavy atom. The van der Waals surface area contributed by atoms with Crippen LogP contribution in [0.4, 0.5) is 5.69 Å². The van der Waals surface area contributed by atoms with Crippen molar-refractivity contribution in [3.05, 3.63) is 17.7 Å². The van der Waals surface area contributed by atoms with E-state index in [1.54, 1.807) is 0 Å². The highest BCUT2D eigenvalue weighted by Crippen LogP contribution is 2.29. The molecule has 1 aliphatic heterocycles. The van der Waals surface area contributed by atoms with Crippen LogP contribution in [0.15, 0.2) is 6.20 Å². The van der Waals surface area contributed by atoms with Gasteiger partial charge in [-0.2, -0.15) is 0 Å². The second-order valence-corrected chi connectivity index (χ2v) is 6.17. The summed E-state index contributed by atoms with van der Waals surface area (Å²) in [4.78, 5) is 14.2. The Balaban J connectivity index is 1.73. The molecule has 0 aromatic carbocycles. The topological polar surface area (TPSA) is 58.3 Å². The molecule has 20 heavy (non-hydrogen) atoms. The van der Waals surface area contributed by atoms with E-state index < -0.39 is 0 Å². The number of hydrogen-bond donors (Lipinski definition) is 1. The molecule has 0 atom stereocenters. The fourth-order valence-electron chi connectivity index (χ4n) is 2.89. The maximum atomic E-state index is 5.88. The minimum Gasteiger partial charge on any atom is -0.366 e. The first kappa shape index (κ1) is 13.8. The predicted octanol–water partition coefficient (Wildman–Crippen LogP) is 1.34. The summed E-state index contributed by atoms with van der Waals surface area (Å²) in [6.07, 6.45) is 4.75. The van der Waals surface area contributed by atoms with Gasteiger partial charge in [-0.25, -0.2) is 9.97 Å². The van der Waals surface area contributed by atoms with Crippen LogP contribution in [0.2, 0.25) is 0 Å². The van der Waals surface area contributed by atoms with E-state index in [2.05, 4.69) is 33.6 Å². The molecular formula is C15H25N5. The Morgan fingerprint density at radius 1 is 1.25 bits per heavy atom. The number of rotatable bonds is 4. The van der Waals surface area contributed by atoms with E-state index in [1.165, 1.54) is 12.8 Å². The average Bonchev–Trinajstić information content (AvgIpc) is 3.31. The second kappa shape index (κ2) is 5.66. The monoisotopic (exact) mass is 275 g/mol. The molecule has 0 unspecified atom stereocenters. The molecule has 2 aliphatic rings. The Labute approximate surface area is 121 Å². The van der Waals surface area contributed by atoms with E-state index in [0.717, 1.165) is 49.4 Å². The van der Waals surface area contributed by atoms with E-state index in [9.17, 15) is 0 Å². The van der Waals surface area contributed by atoms with Crippen LogP contribution in [-0.2, 0) is 6.54 Å². The lowest BCUT2D eigenvalue weighted by atomic mass is 10.2. The van der Waals surface area contributed by atoms with Crippen molar-refractivity contribution >= 4 is 5.69 Å². The van der Waals surface area contributed by atoms with E-state index >= 15 is 0 Å². The highest BCUT2D eigenvalue weighted by atomic mass is 15.3. The van der Waals surface area contributed by atoms with Crippen molar-refractivity contribution in [2.45, 2.75) is 45.2 Å². The van der Waals surface area contributed by atoms with E-state index in [1.807, 2.05) is 6.20 Å². The molecule has 2 heterocycles. The van der Waals surface area contributed by atoms with Gasteiger partial charge in [-0.1, -0.05) is 13.8 Å². The van der Waals surface area contributed by atoms with Crippen LogP contribution in [0.1, 0.15) is 44.1 Å². The summed E-state index contributed by atoms with van der Waals surface area (Å²) in [5, 5.41) is 0. The van der Waals surface area contributed by atoms with Gasteiger partial charge in [0.25, 0.3) is 0 Å². The second-order valence-electron chi connectivity index (χ2n) is 6.17. The zero-order valence-corrected chi connectivity index (χ0v) is 12.5. The van der Waals surface area contributed by atoms with Crippen LogP contribution in [0.5, 0.6) is 0 Å². The molecule has 0 amide bonds. The SMILES string of the molecule is CC(C)c1ncc(N2CCN(C3CC3)CC2)c(CN)n1. The maximum Gasteiger partial charge on any atom is 0.131 e. The third-order valence-corrected chi connectivity index (χ3v) is 4.29. The first-order chi connectivity index (χ1) is 9.69. The molecule has 110 valence electrons. The van der Waals surface area contributed by atoms with Gasteiger partial charge in [-0.15, -0.1) is 0 Å². The summed E-state index contributed by atoms with van der Waals surface area (Å²) in [6, 6.07) is 0.866. The molecule has 1 aromatic rings. The molecule has 5 nitrogen and oxygen atoms in total. The fourth-order valence-corrected chi connectivity index (χ4v) is 2.89. The first-order valence-corrected chi connectivity index (χ1v) is 7.74. The Hall–Kier alpha value is -1.20. The van der Waals surface area contributed by atoms with Crippen molar-refractivity contribution in [3.63, 3.8) is 0 Å². The number of hydrogen-bond acceptors (Lipinski definition) is 5. The largest absolute Gasteiger partial charge is 0.366 e. The summed E-state index contributed by atoms with van der Waals surface area (Å²) in [5.74, 6) is 1.24. The maximum absolute atomic E-state index is 5.88. The lowest BCUT2D eigenvalue weighted by molar-refractivity contribution is 0.248. The zero-order chi connectivity index (χ0) is 14.1. The smallest absolute Gasteiger partial charge is 0.131 e. The summed E-state index contributed by atoms with van der Waals surface area (Å²) in [7, 11) is 0. The molecule has 0 spiro atoms. The van der Waals surface area contributed by atoms with E-state index in [-0.39, 0.29) is 0 Å². The lowest BCUT2D eigenvalue weighted by Gasteiger charge is -2.36. The quantitative estimate of drug-likeness (QED) is 0.898. The van der Waals surface area contributed by atoms with Gasteiger partial charge in [0, 0.05) is 44.7 Å². The number of piperazine rings is 1. The molecule has 3 rings (SSSR count). The van der Waals surface area contributed by atoms with Crippen molar-refractivity contribution in [2.75, 3.05) is 31.1 Å². The van der Waals surface area contributed by atoms with Gasteiger partial charge >= 0.3 is 0 Å². The number of aromatic nitrogens is 2. The van der Waals surface area contributed by atoms with Crippen LogP contribution in [0, 0.1) is 0 Å². The normalized spacial score (nSPS) is 20.7. The summed E-state index contributed by atoms with van der Waals surface area (Å²) < 4.78 is 0.